The third kappa shape index (κ3) is 3.75. The van der Waals surface area contributed by atoms with E-state index in [1.54, 1.807) is 31.2 Å². The highest BCUT2D eigenvalue weighted by Crippen LogP contribution is 2.27. The van der Waals surface area contributed by atoms with Crippen LogP contribution in [0, 0.1) is 13.8 Å². The van der Waals surface area contributed by atoms with E-state index in [4.69, 9.17) is 4.42 Å². The lowest BCUT2D eigenvalue weighted by Gasteiger charge is -2.10. The highest BCUT2D eigenvalue weighted by molar-refractivity contribution is 6.06. The Kier molecular flexibility index (Phi) is 4.75. The fourth-order valence-corrected chi connectivity index (χ4v) is 2.43. The van der Waals surface area contributed by atoms with E-state index in [9.17, 15) is 14.7 Å². The van der Waals surface area contributed by atoms with Crippen LogP contribution in [0.5, 0.6) is 5.75 Å². The summed E-state index contributed by atoms with van der Waals surface area (Å²) in [5.74, 6) is -0.306. The number of aromatic hydroxyl groups is 1. The Hall–Kier alpha value is -3.54. The Bertz CT molecular complexity index is 958. The van der Waals surface area contributed by atoms with Crippen molar-refractivity contribution in [2.45, 2.75) is 13.8 Å². The maximum atomic E-state index is 12.2. The van der Waals surface area contributed by atoms with E-state index < -0.39 is 0 Å². The molecule has 3 rings (SSSR count). The van der Waals surface area contributed by atoms with E-state index in [0.717, 1.165) is 5.56 Å². The van der Waals surface area contributed by atoms with Crippen LogP contribution in [0.15, 0.2) is 59.2 Å². The van der Waals surface area contributed by atoms with Crippen LogP contribution in [0.3, 0.4) is 0 Å². The number of hydrogen-bond acceptors (Lipinski definition) is 4. The van der Waals surface area contributed by atoms with Gasteiger partial charge < -0.3 is 20.2 Å². The normalized spacial score (nSPS) is 10.4. The number of nitrogens with one attached hydrogen (secondary N) is 2. The number of hydrogen-bond donors (Lipinski definition) is 3. The zero-order valence-electron chi connectivity index (χ0n) is 14.4. The molecule has 0 aliphatic rings. The minimum atomic E-state index is -0.341. The second-order valence-electron chi connectivity index (χ2n) is 5.90. The highest BCUT2D eigenvalue weighted by Gasteiger charge is 2.13. The minimum absolute atomic E-state index is 0.146. The quantitative estimate of drug-likeness (QED) is 0.618. The van der Waals surface area contributed by atoms with Crippen LogP contribution >= 0.6 is 0 Å². The van der Waals surface area contributed by atoms with Crippen molar-refractivity contribution in [1.82, 2.24) is 0 Å². The fourth-order valence-electron chi connectivity index (χ4n) is 2.43. The molecule has 0 atom stereocenters. The number of amides is 2. The molecule has 6 heteroatoms. The largest absolute Gasteiger partial charge is 0.506 e. The van der Waals surface area contributed by atoms with Crippen molar-refractivity contribution >= 4 is 23.2 Å². The van der Waals surface area contributed by atoms with Gasteiger partial charge in [0.1, 0.15) is 11.5 Å². The SMILES string of the molecule is Cc1ccc(C(=O)Nc2ccc(NC(=O)c3ccoc3C)cc2O)cc1. The highest BCUT2D eigenvalue weighted by atomic mass is 16.3. The van der Waals surface area contributed by atoms with Gasteiger partial charge in [0.2, 0.25) is 0 Å². The van der Waals surface area contributed by atoms with Crippen LogP contribution in [0.1, 0.15) is 32.0 Å². The fraction of sp³-hybridized carbons (Fsp3) is 0.100. The molecule has 0 saturated heterocycles. The Morgan fingerprint density at radius 2 is 1.65 bits per heavy atom. The zero-order chi connectivity index (χ0) is 18.7. The molecule has 26 heavy (non-hydrogen) atoms. The van der Waals surface area contributed by atoms with Gasteiger partial charge in [0.25, 0.3) is 11.8 Å². The lowest BCUT2D eigenvalue weighted by molar-refractivity contribution is 0.101. The van der Waals surface area contributed by atoms with Crippen LogP contribution < -0.4 is 10.6 Å². The molecule has 1 heterocycles. The topological polar surface area (TPSA) is 91.6 Å². The van der Waals surface area contributed by atoms with Crippen molar-refractivity contribution < 1.29 is 19.1 Å². The molecule has 1 aromatic heterocycles. The standard InChI is InChI=1S/C20H18N2O4/c1-12-3-5-14(6-4-12)19(24)22-17-8-7-15(11-18(17)23)21-20(25)16-9-10-26-13(16)2/h3-11,23H,1-2H3,(H,21,25)(H,22,24). The van der Waals surface area contributed by atoms with Crippen molar-refractivity contribution in [3.63, 3.8) is 0 Å². The van der Waals surface area contributed by atoms with Gasteiger partial charge in [-0.15, -0.1) is 0 Å². The maximum Gasteiger partial charge on any atom is 0.259 e. The summed E-state index contributed by atoms with van der Waals surface area (Å²) in [6, 6.07) is 13.2. The van der Waals surface area contributed by atoms with Crippen molar-refractivity contribution in [2.24, 2.45) is 0 Å². The molecule has 0 aliphatic carbocycles. The third-order valence-corrected chi connectivity index (χ3v) is 3.92. The Morgan fingerprint density at radius 3 is 2.27 bits per heavy atom. The van der Waals surface area contributed by atoms with Gasteiger partial charge in [-0.1, -0.05) is 17.7 Å². The summed E-state index contributed by atoms with van der Waals surface area (Å²) in [5, 5.41) is 15.5. The van der Waals surface area contributed by atoms with Crippen LogP contribution in [-0.4, -0.2) is 16.9 Å². The first kappa shape index (κ1) is 17.3. The van der Waals surface area contributed by atoms with E-state index in [0.29, 0.717) is 22.6 Å². The molecule has 0 aliphatic heterocycles. The number of anilines is 2. The molecule has 2 aromatic carbocycles. The minimum Gasteiger partial charge on any atom is -0.506 e. The van der Waals surface area contributed by atoms with Gasteiger partial charge >= 0.3 is 0 Å². The predicted octanol–water partition coefficient (Wildman–Crippen LogP) is 4.11. The van der Waals surface area contributed by atoms with Crippen molar-refractivity contribution in [2.75, 3.05) is 10.6 Å². The summed E-state index contributed by atoms with van der Waals surface area (Å²) < 4.78 is 5.10. The first-order valence-corrected chi connectivity index (χ1v) is 8.00. The Labute approximate surface area is 150 Å². The summed E-state index contributed by atoms with van der Waals surface area (Å²) in [5.41, 5.74) is 2.62. The molecule has 132 valence electrons. The average Bonchev–Trinajstić information content (AvgIpc) is 3.04. The summed E-state index contributed by atoms with van der Waals surface area (Å²) in [4.78, 5) is 24.4. The lowest BCUT2D eigenvalue weighted by atomic mass is 10.1. The molecular formula is C20H18N2O4. The van der Waals surface area contributed by atoms with Crippen LogP contribution in [0.25, 0.3) is 0 Å². The van der Waals surface area contributed by atoms with Gasteiger partial charge in [0.05, 0.1) is 17.5 Å². The van der Waals surface area contributed by atoms with Crippen molar-refractivity contribution in [3.8, 4) is 5.75 Å². The van der Waals surface area contributed by atoms with Crippen LogP contribution in [-0.2, 0) is 0 Å². The maximum absolute atomic E-state index is 12.2. The van der Waals surface area contributed by atoms with E-state index in [1.807, 2.05) is 19.1 Å². The Morgan fingerprint density at radius 1 is 0.923 bits per heavy atom. The molecule has 0 unspecified atom stereocenters. The third-order valence-electron chi connectivity index (χ3n) is 3.92. The number of furan rings is 1. The average molecular weight is 350 g/mol. The molecule has 3 N–H and O–H groups in total. The number of aryl methyl sites for hydroxylation is 2. The molecular weight excluding hydrogens is 332 g/mol. The molecule has 6 nitrogen and oxygen atoms in total. The van der Waals surface area contributed by atoms with E-state index >= 15 is 0 Å². The lowest BCUT2D eigenvalue weighted by Crippen LogP contribution is -2.13. The molecule has 0 spiro atoms. The first-order chi connectivity index (χ1) is 12.4. The van der Waals surface area contributed by atoms with Gasteiger partial charge in [-0.05, 0) is 44.2 Å². The molecule has 0 bridgehead atoms. The number of carbonyl (C=O) groups is 2. The molecule has 0 fully saturated rings. The van der Waals surface area contributed by atoms with Crippen molar-refractivity contribution in [3.05, 3.63) is 77.2 Å². The smallest absolute Gasteiger partial charge is 0.259 e. The Balaban J connectivity index is 1.71. The second kappa shape index (κ2) is 7.14. The van der Waals surface area contributed by atoms with Gasteiger partial charge in [0, 0.05) is 17.3 Å². The molecule has 2 amide bonds. The van der Waals surface area contributed by atoms with Gasteiger partial charge in [0.15, 0.2) is 0 Å². The zero-order valence-corrected chi connectivity index (χ0v) is 14.4. The second-order valence-corrected chi connectivity index (χ2v) is 5.90. The van der Waals surface area contributed by atoms with E-state index in [2.05, 4.69) is 10.6 Å². The summed E-state index contributed by atoms with van der Waals surface area (Å²) in [7, 11) is 0. The first-order valence-electron chi connectivity index (χ1n) is 8.00. The number of carbonyl (C=O) groups excluding carboxylic acids is 2. The van der Waals surface area contributed by atoms with Crippen molar-refractivity contribution in [1.29, 1.82) is 0 Å². The number of benzene rings is 2. The van der Waals surface area contributed by atoms with E-state index in [1.165, 1.54) is 18.4 Å². The monoisotopic (exact) mass is 350 g/mol. The molecule has 3 aromatic rings. The number of rotatable bonds is 4. The molecule has 0 saturated carbocycles. The molecule has 0 radical (unpaired) electrons. The summed E-state index contributed by atoms with van der Waals surface area (Å²) >= 11 is 0. The summed E-state index contributed by atoms with van der Waals surface area (Å²) in [6.07, 6.45) is 1.44. The number of phenolic OH excluding ortho intramolecular Hbond substituents is 1. The summed E-state index contributed by atoms with van der Waals surface area (Å²) in [6.45, 7) is 3.63. The van der Waals surface area contributed by atoms with E-state index in [-0.39, 0.29) is 23.3 Å². The van der Waals surface area contributed by atoms with Gasteiger partial charge in [-0.25, -0.2) is 0 Å². The van der Waals surface area contributed by atoms with Gasteiger partial charge in [-0.3, -0.25) is 9.59 Å². The predicted molar refractivity (Wildman–Crippen MR) is 98.6 cm³/mol. The van der Waals surface area contributed by atoms with Crippen LogP contribution in [0.2, 0.25) is 0 Å². The number of phenols is 1. The van der Waals surface area contributed by atoms with Crippen LogP contribution in [0.4, 0.5) is 11.4 Å². The van der Waals surface area contributed by atoms with Gasteiger partial charge in [-0.2, -0.15) is 0 Å².